The summed E-state index contributed by atoms with van der Waals surface area (Å²) in [6.07, 6.45) is -3.65. The van der Waals surface area contributed by atoms with Crippen LogP contribution in [0.25, 0.3) is 0 Å². The van der Waals surface area contributed by atoms with E-state index in [9.17, 15) is 13.2 Å². The molecule has 0 radical (unpaired) electrons. The molecule has 0 saturated carbocycles. The summed E-state index contributed by atoms with van der Waals surface area (Å²) in [5.41, 5.74) is 0.128. The predicted octanol–water partition coefficient (Wildman–Crippen LogP) is 2.57. The summed E-state index contributed by atoms with van der Waals surface area (Å²) in [6.45, 7) is 7.32. The fourth-order valence-corrected chi connectivity index (χ4v) is 3.13. The average Bonchev–Trinajstić information content (AvgIpc) is 2.92. The lowest BCUT2D eigenvalue weighted by Gasteiger charge is -2.18. The first kappa shape index (κ1) is 16.3. The van der Waals surface area contributed by atoms with Gasteiger partial charge in [0.25, 0.3) is 0 Å². The molecule has 0 spiro atoms. The molecule has 4 nitrogen and oxygen atoms in total. The normalized spacial score (nSPS) is 20.7. The topological polar surface area (TPSA) is 41.3 Å². The summed E-state index contributed by atoms with van der Waals surface area (Å²) in [6, 6.07) is -0.0521. The molecule has 1 unspecified atom stereocenters. The molecule has 120 valence electrons. The minimum Gasteiger partial charge on any atom is -0.395 e. The van der Waals surface area contributed by atoms with E-state index >= 15 is 0 Å². The Kier molecular flexibility index (Phi) is 4.63. The molecule has 1 atom stereocenters. The fourth-order valence-electron chi connectivity index (χ4n) is 3.13. The molecule has 0 aromatic carbocycles. The summed E-state index contributed by atoms with van der Waals surface area (Å²) in [7, 11) is 0. The minimum absolute atomic E-state index is 0.0134. The van der Waals surface area contributed by atoms with Crippen molar-refractivity contribution in [2.75, 3.05) is 26.2 Å². The Bertz CT molecular complexity index is 496. The maximum absolute atomic E-state index is 13.1. The van der Waals surface area contributed by atoms with E-state index in [4.69, 9.17) is 5.11 Å². The molecule has 0 amide bonds. The summed E-state index contributed by atoms with van der Waals surface area (Å²) in [4.78, 5) is 2.05. The van der Waals surface area contributed by atoms with Gasteiger partial charge in [-0.25, -0.2) is 0 Å². The van der Waals surface area contributed by atoms with Crippen LogP contribution in [-0.2, 0) is 6.18 Å². The van der Waals surface area contributed by atoms with Crippen LogP contribution in [0.2, 0.25) is 0 Å². The van der Waals surface area contributed by atoms with Crippen molar-refractivity contribution in [3.63, 3.8) is 0 Å². The molecule has 2 rings (SSSR count). The Morgan fingerprint density at radius 1 is 1.38 bits per heavy atom. The minimum atomic E-state index is -4.41. The SMILES string of the molecule is Cc1c(C(F)(F)F)nn(C2CCN(CCO)C2)c1C(C)C. The highest BCUT2D eigenvalue weighted by Crippen LogP contribution is 2.36. The number of aromatic nitrogens is 2. The van der Waals surface area contributed by atoms with Crippen molar-refractivity contribution in [2.24, 2.45) is 0 Å². The first-order valence-electron chi connectivity index (χ1n) is 7.25. The van der Waals surface area contributed by atoms with Gasteiger partial charge in [-0.2, -0.15) is 18.3 Å². The number of nitrogens with zero attached hydrogens (tertiary/aromatic N) is 3. The highest BCUT2D eigenvalue weighted by molar-refractivity contribution is 5.29. The molecular weight excluding hydrogens is 283 g/mol. The van der Waals surface area contributed by atoms with E-state index in [-0.39, 0.29) is 24.1 Å². The average molecular weight is 305 g/mol. The van der Waals surface area contributed by atoms with E-state index in [0.29, 0.717) is 18.8 Å². The second kappa shape index (κ2) is 5.96. The summed E-state index contributed by atoms with van der Waals surface area (Å²) in [5.74, 6) is -0.0134. The Morgan fingerprint density at radius 2 is 2.05 bits per heavy atom. The van der Waals surface area contributed by atoms with Crippen molar-refractivity contribution in [1.29, 1.82) is 0 Å². The van der Waals surface area contributed by atoms with Gasteiger partial charge < -0.3 is 5.11 Å². The number of aliphatic hydroxyl groups excluding tert-OH is 1. The van der Waals surface area contributed by atoms with Gasteiger partial charge >= 0.3 is 6.18 Å². The molecule has 0 aliphatic carbocycles. The highest BCUT2D eigenvalue weighted by Gasteiger charge is 2.39. The van der Waals surface area contributed by atoms with E-state index in [1.165, 1.54) is 6.92 Å². The Balaban J connectivity index is 2.35. The van der Waals surface area contributed by atoms with Gasteiger partial charge in [0.2, 0.25) is 0 Å². The highest BCUT2D eigenvalue weighted by atomic mass is 19.4. The molecule has 2 heterocycles. The third-order valence-electron chi connectivity index (χ3n) is 4.02. The Labute approximate surface area is 122 Å². The van der Waals surface area contributed by atoms with Crippen LogP contribution in [0.5, 0.6) is 0 Å². The lowest BCUT2D eigenvalue weighted by molar-refractivity contribution is -0.142. The van der Waals surface area contributed by atoms with Gasteiger partial charge in [-0.1, -0.05) is 13.8 Å². The zero-order valence-electron chi connectivity index (χ0n) is 12.6. The smallest absolute Gasteiger partial charge is 0.395 e. The third kappa shape index (κ3) is 3.23. The van der Waals surface area contributed by atoms with Crippen LogP contribution in [0.3, 0.4) is 0 Å². The van der Waals surface area contributed by atoms with Crippen molar-refractivity contribution >= 4 is 0 Å². The second-order valence-corrected chi connectivity index (χ2v) is 5.92. The monoisotopic (exact) mass is 305 g/mol. The van der Waals surface area contributed by atoms with Crippen LogP contribution in [0, 0.1) is 6.92 Å². The maximum atomic E-state index is 13.1. The zero-order valence-corrected chi connectivity index (χ0v) is 12.6. The lowest BCUT2D eigenvalue weighted by Crippen LogP contribution is -2.25. The van der Waals surface area contributed by atoms with Gasteiger partial charge in [0, 0.05) is 30.9 Å². The van der Waals surface area contributed by atoms with Gasteiger partial charge in [-0.15, -0.1) is 0 Å². The number of β-amino-alcohol motifs (C(OH)–C–C–N with tert-alkyl or cyclic N) is 1. The van der Waals surface area contributed by atoms with Crippen LogP contribution in [-0.4, -0.2) is 46.0 Å². The van der Waals surface area contributed by atoms with Crippen molar-refractivity contribution in [3.8, 4) is 0 Å². The number of aliphatic hydroxyl groups is 1. The molecule has 21 heavy (non-hydrogen) atoms. The molecule has 0 bridgehead atoms. The number of alkyl halides is 3. The van der Waals surface area contributed by atoms with Crippen molar-refractivity contribution < 1.29 is 18.3 Å². The summed E-state index contributed by atoms with van der Waals surface area (Å²) >= 11 is 0. The van der Waals surface area contributed by atoms with Crippen LogP contribution < -0.4 is 0 Å². The molecule has 1 fully saturated rings. The summed E-state index contributed by atoms with van der Waals surface area (Å²) in [5, 5.41) is 12.8. The van der Waals surface area contributed by atoms with Crippen molar-refractivity contribution in [3.05, 3.63) is 17.0 Å². The second-order valence-electron chi connectivity index (χ2n) is 5.92. The fraction of sp³-hybridized carbons (Fsp3) is 0.786. The molecule has 7 heteroatoms. The quantitative estimate of drug-likeness (QED) is 0.929. The largest absolute Gasteiger partial charge is 0.435 e. The first-order chi connectivity index (χ1) is 9.75. The number of likely N-dealkylation sites (tertiary alicyclic amines) is 1. The number of hydrogen-bond acceptors (Lipinski definition) is 3. The molecule has 1 aliphatic heterocycles. The lowest BCUT2D eigenvalue weighted by atomic mass is 10.0. The van der Waals surface area contributed by atoms with Gasteiger partial charge in [-0.3, -0.25) is 9.58 Å². The molecular formula is C14H22F3N3O. The zero-order chi connectivity index (χ0) is 15.8. The molecule has 1 aliphatic rings. The van der Waals surface area contributed by atoms with E-state index in [1.807, 2.05) is 13.8 Å². The van der Waals surface area contributed by atoms with Gasteiger partial charge in [-0.05, 0) is 19.3 Å². The van der Waals surface area contributed by atoms with Crippen LogP contribution >= 0.6 is 0 Å². The van der Waals surface area contributed by atoms with Gasteiger partial charge in [0.1, 0.15) is 0 Å². The van der Waals surface area contributed by atoms with E-state index in [2.05, 4.69) is 10.00 Å². The van der Waals surface area contributed by atoms with E-state index < -0.39 is 11.9 Å². The van der Waals surface area contributed by atoms with Gasteiger partial charge in [0.05, 0.1) is 12.6 Å². The molecule has 1 aromatic rings. The standard InChI is InChI=1S/C14H22F3N3O/c1-9(2)12-10(3)13(14(15,16)17)18-20(12)11-4-5-19(8-11)6-7-21/h9,11,21H,4-8H2,1-3H3. The Morgan fingerprint density at radius 3 is 2.57 bits per heavy atom. The number of halogens is 3. The van der Waals surface area contributed by atoms with Crippen LogP contribution in [0.1, 0.15) is 49.2 Å². The molecule has 1 aromatic heterocycles. The van der Waals surface area contributed by atoms with E-state index in [1.54, 1.807) is 4.68 Å². The van der Waals surface area contributed by atoms with Crippen LogP contribution in [0.4, 0.5) is 13.2 Å². The van der Waals surface area contributed by atoms with Crippen LogP contribution in [0.15, 0.2) is 0 Å². The first-order valence-corrected chi connectivity index (χ1v) is 7.25. The predicted molar refractivity (Wildman–Crippen MR) is 73.2 cm³/mol. The molecule has 1 N–H and O–H groups in total. The van der Waals surface area contributed by atoms with E-state index in [0.717, 1.165) is 13.0 Å². The Hall–Kier alpha value is -1.08. The molecule has 1 saturated heterocycles. The van der Waals surface area contributed by atoms with Gasteiger partial charge in [0.15, 0.2) is 5.69 Å². The maximum Gasteiger partial charge on any atom is 0.435 e. The number of hydrogen-bond donors (Lipinski definition) is 1. The third-order valence-corrected chi connectivity index (χ3v) is 4.02. The van der Waals surface area contributed by atoms with Crippen molar-refractivity contribution in [2.45, 2.75) is 45.3 Å². The van der Waals surface area contributed by atoms with Crippen molar-refractivity contribution in [1.82, 2.24) is 14.7 Å². The summed E-state index contributed by atoms with van der Waals surface area (Å²) < 4.78 is 40.8. The number of rotatable bonds is 4.